The first-order valence-electron chi connectivity index (χ1n) is 10.4. The Hall–Kier alpha value is -0.803. The molecule has 2 nitrogen and oxygen atoms in total. The highest BCUT2D eigenvalue weighted by Gasteiger charge is 2.72. The molecular formula is C21H36F6O2Si. The Balaban J connectivity index is 5.77. The zero-order valence-corrected chi connectivity index (χ0v) is 19.6. The molecule has 0 spiro atoms. The first-order chi connectivity index (χ1) is 13.7. The summed E-state index contributed by atoms with van der Waals surface area (Å²) in [5.74, 6) is 0. The second kappa shape index (κ2) is 11.7. The average Bonchev–Trinajstić information content (AvgIpc) is 2.62. The van der Waals surface area contributed by atoms with E-state index in [9.17, 15) is 26.3 Å². The molecule has 1 N–H and O–H groups in total. The number of aliphatic hydroxyl groups excluding tert-OH is 1. The SMILES string of the molecule is CC[Si](CC)(CC)OC(C=CCC(C)(C)CCCC=CCO)(C(F)(F)F)C(F)(F)F. The number of aliphatic hydroxyl groups is 1. The predicted molar refractivity (Wildman–Crippen MR) is 111 cm³/mol. The quantitative estimate of drug-likeness (QED) is 0.132. The molecule has 0 heterocycles. The van der Waals surface area contributed by atoms with Crippen LogP contribution in [0.15, 0.2) is 24.3 Å². The van der Waals surface area contributed by atoms with Gasteiger partial charge in [0.1, 0.15) is 0 Å². The van der Waals surface area contributed by atoms with Gasteiger partial charge in [-0.1, -0.05) is 52.8 Å². The Bertz CT molecular complexity index is 526. The van der Waals surface area contributed by atoms with Gasteiger partial charge < -0.3 is 9.53 Å². The summed E-state index contributed by atoms with van der Waals surface area (Å²) in [5, 5.41) is 8.69. The zero-order chi connectivity index (χ0) is 23.7. The second-order valence-corrected chi connectivity index (χ2v) is 13.1. The van der Waals surface area contributed by atoms with Crippen molar-refractivity contribution in [3.63, 3.8) is 0 Å². The fourth-order valence-corrected chi connectivity index (χ4v) is 6.26. The second-order valence-electron chi connectivity index (χ2n) is 8.39. The average molecular weight is 463 g/mol. The van der Waals surface area contributed by atoms with Gasteiger partial charge in [-0.3, -0.25) is 0 Å². The summed E-state index contributed by atoms with van der Waals surface area (Å²) >= 11 is 0. The van der Waals surface area contributed by atoms with Gasteiger partial charge in [0, 0.05) is 0 Å². The van der Waals surface area contributed by atoms with Crippen LogP contribution in [-0.4, -0.2) is 38.0 Å². The van der Waals surface area contributed by atoms with Crippen molar-refractivity contribution >= 4 is 8.32 Å². The topological polar surface area (TPSA) is 29.5 Å². The van der Waals surface area contributed by atoms with Crippen molar-refractivity contribution in [3.05, 3.63) is 24.3 Å². The zero-order valence-electron chi connectivity index (χ0n) is 18.6. The Morgan fingerprint density at radius 3 is 1.73 bits per heavy atom. The van der Waals surface area contributed by atoms with Crippen LogP contribution in [0.5, 0.6) is 0 Å². The van der Waals surface area contributed by atoms with Gasteiger partial charge in [0.2, 0.25) is 0 Å². The van der Waals surface area contributed by atoms with Gasteiger partial charge in [-0.2, -0.15) is 26.3 Å². The molecule has 0 aromatic heterocycles. The Labute approximate surface area is 177 Å². The molecule has 0 bridgehead atoms. The molecule has 0 atom stereocenters. The summed E-state index contributed by atoms with van der Waals surface area (Å²) in [6.07, 6.45) is -4.58. The number of hydrogen-bond acceptors (Lipinski definition) is 2. The van der Waals surface area contributed by atoms with Crippen molar-refractivity contribution < 1.29 is 35.9 Å². The van der Waals surface area contributed by atoms with Crippen LogP contribution in [0.3, 0.4) is 0 Å². The molecular weight excluding hydrogens is 426 g/mol. The number of alkyl halides is 6. The van der Waals surface area contributed by atoms with E-state index in [1.807, 2.05) is 0 Å². The monoisotopic (exact) mass is 462 g/mol. The smallest absolute Gasteiger partial charge is 0.393 e. The third-order valence-corrected chi connectivity index (χ3v) is 10.3. The van der Waals surface area contributed by atoms with Gasteiger partial charge in [-0.05, 0) is 55.3 Å². The van der Waals surface area contributed by atoms with Crippen molar-refractivity contribution in [1.82, 2.24) is 0 Å². The summed E-state index contributed by atoms with van der Waals surface area (Å²) in [5.41, 5.74) is -4.75. The molecule has 0 rings (SSSR count). The number of rotatable bonds is 13. The predicted octanol–water partition coefficient (Wildman–Crippen LogP) is 7.56. The van der Waals surface area contributed by atoms with E-state index in [1.165, 1.54) is 0 Å². The molecule has 0 aliphatic heterocycles. The summed E-state index contributed by atoms with van der Waals surface area (Å²) in [6.45, 7) is 8.32. The van der Waals surface area contributed by atoms with Crippen molar-refractivity contribution in [2.45, 2.75) is 96.4 Å². The van der Waals surface area contributed by atoms with Crippen LogP contribution in [-0.2, 0) is 4.43 Å². The number of unbranched alkanes of at least 4 members (excludes halogenated alkanes) is 1. The third kappa shape index (κ3) is 8.03. The highest BCUT2D eigenvalue weighted by Crippen LogP contribution is 2.50. The normalized spacial score (nSPS) is 14.9. The fourth-order valence-electron chi connectivity index (χ4n) is 3.34. The van der Waals surface area contributed by atoms with Gasteiger partial charge in [-0.25, -0.2) is 0 Å². The molecule has 0 aromatic rings. The van der Waals surface area contributed by atoms with E-state index in [0.717, 1.165) is 12.5 Å². The molecule has 0 saturated carbocycles. The molecule has 0 amide bonds. The van der Waals surface area contributed by atoms with Crippen LogP contribution in [0.2, 0.25) is 18.1 Å². The summed E-state index contributed by atoms with van der Waals surface area (Å²) < 4.78 is 88.2. The Morgan fingerprint density at radius 2 is 1.33 bits per heavy atom. The van der Waals surface area contributed by atoms with Gasteiger partial charge in [0.15, 0.2) is 8.32 Å². The minimum absolute atomic E-state index is 0.0624. The van der Waals surface area contributed by atoms with Gasteiger partial charge in [-0.15, -0.1) is 0 Å². The lowest BCUT2D eigenvalue weighted by molar-refractivity contribution is -0.341. The van der Waals surface area contributed by atoms with Crippen LogP contribution in [0.4, 0.5) is 26.3 Å². The molecule has 178 valence electrons. The van der Waals surface area contributed by atoms with Gasteiger partial charge in [0.25, 0.3) is 5.60 Å². The molecule has 0 aliphatic rings. The van der Waals surface area contributed by atoms with Crippen LogP contribution >= 0.6 is 0 Å². The molecule has 0 aliphatic carbocycles. The van der Waals surface area contributed by atoms with Crippen molar-refractivity contribution in [2.75, 3.05) is 6.61 Å². The lowest BCUT2D eigenvalue weighted by Crippen LogP contribution is -2.62. The van der Waals surface area contributed by atoms with Crippen LogP contribution < -0.4 is 0 Å². The van der Waals surface area contributed by atoms with Crippen molar-refractivity contribution in [1.29, 1.82) is 0 Å². The lowest BCUT2D eigenvalue weighted by Gasteiger charge is -2.42. The van der Waals surface area contributed by atoms with Gasteiger partial charge in [0.05, 0.1) is 6.61 Å². The van der Waals surface area contributed by atoms with Crippen molar-refractivity contribution in [2.24, 2.45) is 5.41 Å². The number of halogens is 6. The Morgan fingerprint density at radius 1 is 0.833 bits per heavy atom. The third-order valence-electron chi connectivity index (χ3n) is 5.67. The summed E-state index contributed by atoms with van der Waals surface area (Å²) in [6, 6.07) is 0.526. The maximum Gasteiger partial charge on any atom is 0.429 e. The fraction of sp³-hybridized carbons (Fsp3) is 0.810. The summed E-state index contributed by atoms with van der Waals surface area (Å²) in [7, 11) is -3.22. The largest absolute Gasteiger partial charge is 0.429 e. The van der Waals surface area contributed by atoms with E-state index in [1.54, 1.807) is 46.8 Å². The van der Waals surface area contributed by atoms with Gasteiger partial charge >= 0.3 is 12.4 Å². The highest BCUT2D eigenvalue weighted by atomic mass is 28.4. The van der Waals surface area contributed by atoms with Crippen LogP contribution in [0.1, 0.15) is 60.3 Å². The first kappa shape index (κ1) is 29.2. The van der Waals surface area contributed by atoms with Crippen LogP contribution in [0, 0.1) is 5.41 Å². The highest BCUT2D eigenvalue weighted by molar-refractivity contribution is 6.73. The van der Waals surface area contributed by atoms with E-state index < -0.39 is 31.7 Å². The van der Waals surface area contributed by atoms with Crippen molar-refractivity contribution in [3.8, 4) is 0 Å². The maximum atomic E-state index is 13.8. The van der Waals surface area contributed by atoms with Crippen LogP contribution in [0.25, 0.3) is 0 Å². The van der Waals surface area contributed by atoms with E-state index in [-0.39, 0.29) is 37.2 Å². The number of hydrogen-bond donors (Lipinski definition) is 1. The van der Waals surface area contributed by atoms with E-state index in [2.05, 4.69) is 0 Å². The molecule has 0 aromatic carbocycles. The molecule has 0 unspecified atom stereocenters. The maximum absolute atomic E-state index is 13.8. The summed E-state index contributed by atoms with van der Waals surface area (Å²) in [4.78, 5) is 0. The molecule has 9 heteroatoms. The minimum atomic E-state index is -5.61. The van der Waals surface area contributed by atoms with E-state index in [4.69, 9.17) is 9.53 Å². The minimum Gasteiger partial charge on any atom is -0.393 e. The Kier molecular flexibility index (Phi) is 11.4. The standard InChI is InChI=1S/C21H36F6O2Si/c1-6-30(7-2,8-3)29-19(20(22,23)24,21(25,26)27)16-13-15-18(4,5)14-11-9-10-12-17-28/h10,12-13,16,28H,6-9,11,14-15,17H2,1-5H3. The molecule has 0 saturated heterocycles. The molecule has 0 fully saturated rings. The van der Waals surface area contributed by atoms with E-state index >= 15 is 0 Å². The van der Waals surface area contributed by atoms with E-state index in [0.29, 0.717) is 12.8 Å². The molecule has 30 heavy (non-hydrogen) atoms. The lowest BCUT2D eigenvalue weighted by atomic mass is 9.83. The molecule has 0 radical (unpaired) electrons. The number of allylic oxidation sites excluding steroid dienone is 2. The first-order valence-corrected chi connectivity index (χ1v) is 13.0.